The molecule has 6 nitrogen and oxygen atoms in total. The molecule has 0 aromatic carbocycles. The molecule has 2 unspecified atom stereocenters. The van der Waals surface area contributed by atoms with Gasteiger partial charge in [-0.05, 0) is 38.8 Å². The molecule has 2 amide bonds. The molecule has 4 N–H and O–H groups in total. The first-order valence-electron chi connectivity index (χ1n) is 5.59. The van der Waals surface area contributed by atoms with Crippen molar-refractivity contribution in [2.45, 2.75) is 37.8 Å². The quantitative estimate of drug-likeness (QED) is 0.699. The van der Waals surface area contributed by atoms with Crippen molar-refractivity contribution in [3.63, 3.8) is 0 Å². The summed E-state index contributed by atoms with van der Waals surface area (Å²) < 4.78 is 0. The zero-order valence-corrected chi connectivity index (χ0v) is 12.1. The Kier molecular flexibility index (Phi) is 9.17. The number of amides is 2. The van der Waals surface area contributed by atoms with Gasteiger partial charge >= 0.3 is 37.7 Å². The molecule has 0 bridgehead atoms. The van der Waals surface area contributed by atoms with E-state index < -0.39 is 11.8 Å². The Bertz CT molecular complexity index is 225. The van der Waals surface area contributed by atoms with E-state index in [-0.39, 0.29) is 49.8 Å². The summed E-state index contributed by atoms with van der Waals surface area (Å²) in [6.45, 7) is 1.80. The Morgan fingerprint density at radius 2 is 1.24 bits per heavy atom. The number of carbonyl (C=O) groups is 2. The van der Waals surface area contributed by atoms with Crippen LogP contribution in [0.2, 0.25) is 0 Å². The average Bonchev–Trinajstić information content (AvgIpc) is 2.93. The van der Waals surface area contributed by atoms with E-state index in [0.717, 1.165) is 38.8 Å². The topological polar surface area (TPSA) is 106 Å². The number of nitrogens with one attached hydrogen (secondary N) is 4. The monoisotopic (exact) mass is 266 g/mol. The molecule has 0 aliphatic carbocycles. The summed E-state index contributed by atoms with van der Waals surface area (Å²) in [5.41, 5.74) is 13.3. The summed E-state index contributed by atoms with van der Waals surface area (Å²) in [7, 11) is 0. The van der Waals surface area contributed by atoms with Crippen molar-refractivity contribution >= 4 is 49.6 Å². The van der Waals surface area contributed by atoms with Crippen molar-refractivity contribution in [2.24, 2.45) is 0 Å². The SMILES string of the molecule is [Ca+2].[NH-]C(=O)C1CCCN1.[NH-]C(=O)C1CCCN1. The van der Waals surface area contributed by atoms with Gasteiger partial charge in [-0.2, -0.15) is 0 Å². The van der Waals surface area contributed by atoms with Gasteiger partial charge in [0.25, 0.3) is 0 Å². The smallest absolute Gasteiger partial charge is 0.666 e. The van der Waals surface area contributed by atoms with E-state index in [2.05, 4.69) is 10.6 Å². The minimum atomic E-state index is -0.470. The molecule has 2 atom stereocenters. The maximum absolute atomic E-state index is 10.3. The predicted molar refractivity (Wildman–Crippen MR) is 66.5 cm³/mol. The van der Waals surface area contributed by atoms with Gasteiger partial charge in [-0.3, -0.25) is 0 Å². The second-order valence-corrected chi connectivity index (χ2v) is 4.03. The number of hydrogen-bond acceptors (Lipinski definition) is 4. The van der Waals surface area contributed by atoms with E-state index in [1.54, 1.807) is 0 Å². The van der Waals surface area contributed by atoms with Crippen LogP contribution >= 0.6 is 0 Å². The normalized spacial score (nSPS) is 26.6. The van der Waals surface area contributed by atoms with Crippen molar-refractivity contribution in [3.05, 3.63) is 11.5 Å². The Labute approximate surface area is 131 Å². The molecule has 2 aliphatic heterocycles. The minimum absolute atomic E-state index is 0. The van der Waals surface area contributed by atoms with Crippen LogP contribution in [0.5, 0.6) is 0 Å². The van der Waals surface area contributed by atoms with Crippen LogP contribution < -0.4 is 10.6 Å². The maximum atomic E-state index is 10.3. The van der Waals surface area contributed by atoms with Crippen LogP contribution in [0.4, 0.5) is 0 Å². The van der Waals surface area contributed by atoms with Gasteiger partial charge in [0.15, 0.2) is 0 Å². The largest absolute Gasteiger partial charge is 2.00 e. The summed E-state index contributed by atoms with van der Waals surface area (Å²) >= 11 is 0. The molecule has 2 rings (SSSR count). The molecule has 2 aliphatic rings. The molecule has 0 aromatic rings. The molecule has 2 heterocycles. The van der Waals surface area contributed by atoms with Crippen LogP contribution in [0.3, 0.4) is 0 Å². The van der Waals surface area contributed by atoms with Crippen molar-refractivity contribution in [1.29, 1.82) is 0 Å². The van der Waals surface area contributed by atoms with Crippen LogP contribution in [0.1, 0.15) is 25.7 Å². The van der Waals surface area contributed by atoms with Crippen LogP contribution in [0.15, 0.2) is 0 Å². The standard InChI is InChI=1S/2C5H10N2O.Ca/c2*6-5(8)4-2-1-3-7-4;/h2*4,7H,1-3H2,(H2,6,8);/q;;+2/p-2. The fourth-order valence-electron chi connectivity index (χ4n) is 1.82. The van der Waals surface area contributed by atoms with Gasteiger partial charge < -0.3 is 31.7 Å². The molecule has 0 saturated carbocycles. The zero-order chi connectivity index (χ0) is 12.0. The first-order chi connectivity index (χ1) is 7.61. The fraction of sp³-hybridized carbons (Fsp3) is 0.800. The number of hydrogen-bond donors (Lipinski definition) is 2. The van der Waals surface area contributed by atoms with Gasteiger partial charge in [-0.1, -0.05) is 0 Å². The number of rotatable bonds is 2. The first-order valence-corrected chi connectivity index (χ1v) is 5.59. The van der Waals surface area contributed by atoms with E-state index in [4.69, 9.17) is 11.5 Å². The van der Waals surface area contributed by atoms with Crippen molar-refractivity contribution in [1.82, 2.24) is 10.6 Å². The van der Waals surface area contributed by atoms with E-state index in [1.165, 1.54) is 0 Å². The van der Waals surface area contributed by atoms with Gasteiger partial charge in [0.1, 0.15) is 0 Å². The Hall–Kier alpha value is 0.120. The van der Waals surface area contributed by atoms with Gasteiger partial charge in [0.2, 0.25) is 0 Å². The predicted octanol–water partition coefficient (Wildman–Crippen LogP) is 0.254. The van der Waals surface area contributed by atoms with E-state index in [1.807, 2.05) is 0 Å². The van der Waals surface area contributed by atoms with E-state index >= 15 is 0 Å². The second kappa shape index (κ2) is 9.10. The molecule has 0 radical (unpaired) electrons. The van der Waals surface area contributed by atoms with Gasteiger partial charge in [-0.25, -0.2) is 0 Å². The van der Waals surface area contributed by atoms with Gasteiger partial charge in [-0.15, -0.1) is 0 Å². The van der Waals surface area contributed by atoms with Gasteiger partial charge in [0.05, 0.1) is 11.8 Å². The molecule has 92 valence electrons. The molecule has 0 aromatic heterocycles. The summed E-state index contributed by atoms with van der Waals surface area (Å²) in [5, 5.41) is 5.84. The van der Waals surface area contributed by atoms with E-state index in [0.29, 0.717) is 0 Å². The Morgan fingerprint density at radius 1 is 0.882 bits per heavy atom. The third-order valence-electron chi connectivity index (χ3n) is 2.75. The average molecular weight is 266 g/mol. The third-order valence-corrected chi connectivity index (χ3v) is 2.75. The van der Waals surface area contributed by atoms with Crippen molar-refractivity contribution in [3.8, 4) is 0 Å². The number of carbonyl (C=O) groups excluding carboxylic acids is 2. The van der Waals surface area contributed by atoms with E-state index in [9.17, 15) is 9.59 Å². The molecular formula is C10H18CaN4O2. The van der Waals surface area contributed by atoms with Gasteiger partial charge in [0, 0.05) is 12.1 Å². The second-order valence-electron chi connectivity index (χ2n) is 4.03. The molecule has 2 saturated heterocycles. The Balaban J connectivity index is 0.000000284. The van der Waals surface area contributed by atoms with Crippen LogP contribution in [-0.2, 0) is 9.59 Å². The first kappa shape index (κ1) is 17.1. The summed E-state index contributed by atoms with van der Waals surface area (Å²) in [5.74, 6) is -0.940. The molecule has 7 heteroatoms. The maximum Gasteiger partial charge on any atom is 2.00 e. The Morgan fingerprint density at radius 3 is 1.35 bits per heavy atom. The molecule has 0 spiro atoms. The van der Waals surface area contributed by atoms with Crippen molar-refractivity contribution < 1.29 is 9.59 Å². The minimum Gasteiger partial charge on any atom is -0.666 e. The van der Waals surface area contributed by atoms with Crippen LogP contribution in [-0.4, -0.2) is 74.7 Å². The molecular weight excluding hydrogens is 248 g/mol. The van der Waals surface area contributed by atoms with Crippen LogP contribution in [0.25, 0.3) is 11.5 Å². The fourth-order valence-corrected chi connectivity index (χ4v) is 1.82. The summed E-state index contributed by atoms with van der Waals surface area (Å²) in [4.78, 5) is 20.5. The van der Waals surface area contributed by atoms with Crippen LogP contribution in [0, 0.1) is 0 Å². The summed E-state index contributed by atoms with van der Waals surface area (Å²) in [6, 6.07) is -0.315. The van der Waals surface area contributed by atoms with Crippen molar-refractivity contribution in [2.75, 3.05) is 13.1 Å². The molecule has 17 heavy (non-hydrogen) atoms. The molecule has 2 fully saturated rings. The zero-order valence-electron chi connectivity index (χ0n) is 9.92. The summed E-state index contributed by atoms with van der Waals surface area (Å²) in [6.07, 6.45) is 3.77. The third kappa shape index (κ3) is 6.57.